The first-order chi connectivity index (χ1) is 9.61. The van der Waals surface area contributed by atoms with E-state index in [-0.39, 0.29) is 11.9 Å². The molecule has 20 heavy (non-hydrogen) atoms. The van der Waals surface area contributed by atoms with Gasteiger partial charge in [-0.15, -0.1) is 0 Å². The van der Waals surface area contributed by atoms with Gasteiger partial charge in [-0.3, -0.25) is 4.79 Å². The number of carbonyl (C=O) groups excluding carboxylic acids is 1. The maximum Gasteiger partial charge on any atom is 0.237 e. The molecule has 0 aliphatic carbocycles. The third kappa shape index (κ3) is 3.64. The van der Waals surface area contributed by atoms with Gasteiger partial charge < -0.3 is 15.8 Å². The predicted octanol–water partition coefficient (Wildman–Crippen LogP) is 2.80. The number of amides is 1. The van der Waals surface area contributed by atoms with Gasteiger partial charge in [0.05, 0.1) is 18.7 Å². The van der Waals surface area contributed by atoms with Crippen LogP contribution in [0.15, 0.2) is 18.2 Å². The van der Waals surface area contributed by atoms with Crippen molar-refractivity contribution >= 4 is 17.5 Å². The van der Waals surface area contributed by atoms with Crippen LogP contribution in [0.5, 0.6) is 5.75 Å². The molecule has 0 fully saturated rings. The lowest BCUT2D eigenvalue weighted by atomic mass is 10.0. The zero-order valence-electron chi connectivity index (χ0n) is 11.7. The van der Waals surface area contributed by atoms with Crippen molar-refractivity contribution in [1.29, 1.82) is 0 Å². The minimum Gasteiger partial charge on any atom is -0.493 e. The van der Waals surface area contributed by atoms with Gasteiger partial charge in [-0.2, -0.15) is 0 Å². The average molecular weight is 297 g/mol. The molecular weight excluding hydrogens is 276 g/mol. The van der Waals surface area contributed by atoms with Crippen LogP contribution in [0.4, 0.5) is 0 Å². The molecule has 4 nitrogen and oxygen atoms in total. The summed E-state index contributed by atoms with van der Waals surface area (Å²) >= 11 is 5.99. The van der Waals surface area contributed by atoms with Crippen LogP contribution in [0.3, 0.4) is 0 Å². The largest absolute Gasteiger partial charge is 0.493 e. The Morgan fingerprint density at radius 1 is 1.60 bits per heavy atom. The lowest BCUT2D eigenvalue weighted by molar-refractivity contribution is -0.123. The second-order valence-electron chi connectivity index (χ2n) is 5.13. The smallest absolute Gasteiger partial charge is 0.237 e. The van der Waals surface area contributed by atoms with E-state index in [1.54, 1.807) is 6.07 Å². The number of benzene rings is 1. The lowest BCUT2D eigenvalue weighted by Crippen LogP contribution is -2.42. The van der Waals surface area contributed by atoms with Crippen molar-refractivity contribution in [2.45, 2.75) is 44.7 Å². The summed E-state index contributed by atoms with van der Waals surface area (Å²) in [6.07, 6.45) is 3.33. The second kappa shape index (κ2) is 6.95. The van der Waals surface area contributed by atoms with E-state index in [9.17, 15) is 4.79 Å². The molecule has 1 amide bonds. The molecule has 1 aromatic rings. The molecule has 0 aromatic heterocycles. The summed E-state index contributed by atoms with van der Waals surface area (Å²) in [5.74, 6) is 0.656. The first-order valence-electron chi connectivity index (χ1n) is 7.10. The van der Waals surface area contributed by atoms with E-state index < -0.39 is 6.04 Å². The number of hydrogen-bond acceptors (Lipinski definition) is 3. The Morgan fingerprint density at radius 3 is 3.15 bits per heavy atom. The highest BCUT2D eigenvalue weighted by molar-refractivity contribution is 6.30. The van der Waals surface area contributed by atoms with Crippen molar-refractivity contribution in [2.75, 3.05) is 6.61 Å². The van der Waals surface area contributed by atoms with E-state index in [1.165, 1.54) is 0 Å². The molecule has 1 aromatic carbocycles. The summed E-state index contributed by atoms with van der Waals surface area (Å²) in [5.41, 5.74) is 6.84. The Kier molecular flexibility index (Phi) is 5.26. The quantitative estimate of drug-likeness (QED) is 0.898. The first-order valence-corrected chi connectivity index (χ1v) is 7.47. The third-order valence-electron chi connectivity index (χ3n) is 3.50. The number of nitrogens with two attached hydrogens (primary N) is 1. The Morgan fingerprint density at radius 2 is 2.40 bits per heavy atom. The first kappa shape index (κ1) is 15.1. The minimum atomic E-state index is -0.445. The van der Waals surface area contributed by atoms with Gasteiger partial charge in [-0.1, -0.05) is 31.0 Å². The van der Waals surface area contributed by atoms with Crippen molar-refractivity contribution in [3.63, 3.8) is 0 Å². The number of rotatable bonds is 4. The SMILES string of the molecule is CCCC(N)C(=O)NC1CCCOc2cc(Cl)ccc21. The van der Waals surface area contributed by atoms with Crippen LogP contribution in [0.1, 0.15) is 44.2 Å². The predicted molar refractivity (Wildman–Crippen MR) is 79.9 cm³/mol. The lowest BCUT2D eigenvalue weighted by Gasteiger charge is -2.20. The van der Waals surface area contributed by atoms with Crippen LogP contribution in [-0.2, 0) is 4.79 Å². The van der Waals surface area contributed by atoms with Gasteiger partial charge in [0.15, 0.2) is 0 Å². The van der Waals surface area contributed by atoms with Crippen molar-refractivity contribution in [1.82, 2.24) is 5.32 Å². The summed E-state index contributed by atoms with van der Waals surface area (Å²) in [4.78, 5) is 12.1. The summed E-state index contributed by atoms with van der Waals surface area (Å²) < 4.78 is 5.68. The van der Waals surface area contributed by atoms with Crippen LogP contribution in [0.2, 0.25) is 5.02 Å². The zero-order chi connectivity index (χ0) is 14.5. The molecule has 3 N–H and O–H groups in total. The van der Waals surface area contributed by atoms with Crippen LogP contribution in [-0.4, -0.2) is 18.6 Å². The van der Waals surface area contributed by atoms with Crippen molar-refractivity contribution < 1.29 is 9.53 Å². The van der Waals surface area contributed by atoms with Crippen LogP contribution in [0.25, 0.3) is 0 Å². The molecule has 0 spiro atoms. The average Bonchev–Trinajstić information content (AvgIpc) is 2.61. The van der Waals surface area contributed by atoms with Crippen LogP contribution < -0.4 is 15.8 Å². The summed E-state index contributed by atoms with van der Waals surface area (Å²) in [6.45, 7) is 2.66. The number of halogens is 1. The molecule has 0 saturated carbocycles. The Balaban J connectivity index is 2.14. The number of carbonyl (C=O) groups is 1. The van der Waals surface area contributed by atoms with E-state index in [4.69, 9.17) is 22.1 Å². The zero-order valence-corrected chi connectivity index (χ0v) is 12.5. The fourth-order valence-corrected chi connectivity index (χ4v) is 2.58. The molecule has 110 valence electrons. The molecular formula is C15H21ClN2O2. The van der Waals surface area contributed by atoms with Gasteiger partial charge in [-0.05, 0) is 31.4 Å². The van der Waals surface area contributed by atoms with Gasteiger partial charge in [0.25, 0.3) is 0 Å². The highest BCUT2D eigenvalue weighted by Crippen LogP contribution is 2.33. The Labute approximate surface area is 124 Å². The van der Waals surface area contributed by atoms with E-state index in [1.807, 2.05) is 19.1 Å². The van der Waals surface area contributed by atoms with E-state index in [0.717, 1.165) is 30.6 Å². The van der Waals surface area contributed by atoms with Crippen molar-refractivity contribution in [3.05, 3.63) is 28.8 Å². The molecule has 1 aliphatic heterocycles. The Bertz CT molecular complexity index is 479. The third-order valence-corrected chi connectivity index (χ3v) is 3.73. The minimum absolute atomic E-state index is 0.0554. The Hall–Kier alpha value is -1.26. The summed E-state index contributed by atoms with van der Waals surface area (Å²) in [7, 11) is 0. The van der Waals surface area contributed by atoms with Crippen LogP contribution in [0, 0.1) is 0 Å². The molecule has 1 aliphatic rings. The van der Waals surface area contributed by atoms with Gasteiger partial charge in [-0.25, -0.2) is 0 Å². The highest BCUT2D eigenvalue weighted by Gasteiger charge is 2.23. The van der Waals surface area contributed by atoms with Gasteiger partial charge >= 0.3 is 0 Å². The standard InChI is InChI=1S/C15H21ClN2O2/c1-2-4-12(17)15(19)18-13-5-3-8-20-14-9-10(16)6-7-11(13)14/h6-7,9,12-13H,2-5,8,17H2,1H3,(H,18,19). The maximum atomic E-state index is 12.1. The van der Waals surface area contributed by atoms with Crippen molar-refractivity contribution in [3.8, 4) is 5.75 Å². The van der Waals surface area contributed by atoms with Gasteiger partial charge in [0, 0.05) is 10.6 Å². The molecule has 1 heterocycles. The number of hydrogen-bond donors (Lipinski definition) is 2. The number of ether oxygens (including phenoxy) is 1. The second-order valence-corrected chi connectivity index (χ2v) is 5.57. The van der Waals surface area contributed by atoms with Gasteiger partial charge in [0.2, 0.25) is 5.91 Å². The van der Waals surface area contributed by atoms with E-state index in [2.05, 4.69) is 5.32 Å². The number of fused-ring (bicyclic) bond motifs is 1. The summed E-state index contributed by atoms with van der Waals surface area (Å²) in [5, 5.41) is 3.67. The summed E-state index contributed by atoms with van der Waals surface area (Å²) in [6, 6.07) is 5.03. The molecule has 0 bridgehead atoms. The van der Waals surface area contributed by atoms with E-state index >= 15 is 0 Å². The highest BCUT2D eigenvalue weighted by atomic mass is 35.5. The van der Waals surface area contributed by atoms with Gasteiger partial charge in [0.1, 0.15) is 5.75 Å². The monoisotopic (exact) mass is 296 g/mol. The van der Waals surface area contributed by atoms with Crippen LogP contribution >= 0.6 is 11.6 Å². The van der Waals surface area contributed by atoms with E-state index in [0.29, 0.717) is 18.1 Å². The normalized spacial score (nSPS) is 19.4. The fraction of sp³-hybridized carbons (Fsp3) is 0.533. The number of nitrogens with one attached hydrogen (secondary N) is 1. The molecule has 2 atom stereocenters. The molecule has 2 unspecified atom stereocenters. The topological polar surface area (TPSA) is 64.4 Å². The van der Waals surface area contributed by atoms with Crippen molar-refractivity contribution in [2.24, 2.45) is 5.73 Å². The molecule has 2 rings (SSSR count). The maximum absolute atomic E-state index is 12.1. The molecule has 0 radical (unpaired) electrons. The molecule has 5 heteroatoms. The fourth-order valence-electron chi connectivity index (χ4n) is 2.42. The molecule has 0 saturated heterocycles.